The molecule has 0 rings (SSSR count). The summed E-state index contributed by atoms with van der Waals surface area (Å²) in [5, 5.41) is 0. The van der Waals surface area contributed by atoms with Gasteiger partial charge in [0.15, 0.2) is 5.76 Å². The van der Waals surface area contributed by atoms with Crippen LogP contribution in [0.2, 0.25) is 0 Å². The smallest absolute Gasteiger partial charge is 0.287 e. The average molecular weight is 171 g/mol. The molecule has 0 spiro atoms. The molecule has 0 heterocycles. The Kier molecular flexibility index (Phi) is 5.17. The Morgan fingerprint density at radius 3 is 2.50 bits per heavy atom. The van der Waals surface area contributed by atoms with E-state index in [0.717, 1.165) is 12.8 Å². The second-order valence-corrected chi connectivity index (χ2v) is 2.82. The fourth-order valence-electron chi connectivity index (χ4n) is 0.651. The lowest BCUT2D eigenvalue weighted by Crippen LogP contribution is -2.24. The minimum Gasteiger partial charge on any atom is -0.488 e. The molecule has 0 atom stereocenters. The van der Waals surface area contributed by atoms with Crippen LogP contribution in [-0.2, 0) is 9.53 Å². The Labute approximate surface area is 74.0 Å². The van der Waals surface area contributed by atoms with Gasteiger partial charge in [0.1, 0.15) is 0 Å². The topological polar surface area (TPSA) is 29.5 Å². The molecule has 0 radical (unpaired) electrons. The van der Waals surface area contributed by atoms with E-state index in [-0.39, 0.29) is 11.7 Å². The van der Waals surface area contributed by atoms with Crippen LogP contribution in [0.4, 0.5) is 0 Å². The Hall–Kier alpha value is -0.990. The van der Waals surface area contributed by atoms with Gasteiger partial charge in [-0.05, 0) is 6.42 Å². The Morgan fingerprint density at radius 2 is 2.08 bits per heavy atom. The largest absolute Gasteiger partial charge is 0.488 e. The molecule has 0 fully saturated rings. The van der Waals surface area contributed by atoms with Gasteiger partial charge >= 0.3 is 0 Å². The SMILES string of the molecule is C=C(OCCCC)C(=O)N(C)C. The molecule has 0 aromatic heterocycles. The fraction of sp³-hybridized carbons (Fsp3) is 0.667. The predicted octanol–water partition coefficient (Wildman–Crippen LogP) is 1.41. The maximum atomic E-state index is 11.1. The van der Waals surface area contributed by atoms with Crippen LogP contribution < -0.4 is 0 Å². The van der Waals surface area contributed by atoms with Crippen molar-refractivity contribution < 1.29 is 9.53 Å². The minimum atomic E-state index is -0.161. The van der Waals surface area contributed by atoms with Crippen molar-refractivity contribution in [1.29, 1.82) is 0 Å². The van der Waals surface area contributed by atoms with Gasteiger partial charge in [-0.25, -0.2) is 0 Å². The summed E-state index contributed by atoms with van der Waals surface area (Å²) in [4.78, 5) is 12.6. The molecule has 1 amide bonds. The summed E-state index contributed by atoms with van der Waals surface area (Å²) in [7, 11) is 3.35. The van der Waals surface area contributed by atoms with Crippen molar-refractivity contribution >= 4 is 5.91 Å². The zero-order valence-corrected chi connectivity index (χ0v) is 8.09. The number of hydrogen-bond donors (Lipinski definition) is 0. The van der Waals surface area contributed by atoms with Crippen LogP contribution in [0.15, 0.2) is 12.3 Å². The van der Waals surface area contributed by atoms with Crippen molar-refractivity contribution in [2.24, 2.45) is 0 Å². The third-order valence-electron chi connectivity index (χ3n) is 1.42. The normalized spacial score (nSPS) is 9.25. The molecule has 3 nitrogen and oxygen atoms in total. The number of carbonyl (C=O) groups excluding carboxylic acids is 1. The summed E-state index contributed by atoms with van der Waals surface area (Å²) >= 11 is 0. The van der Waals surface area contributed by atoms with Crippen LogP contribution in [0, 0.1) is 0 Å². The number of nitrogens with zero attached hydrogens (tertiary/aromatic N) is 1. The summed E-state index contributed by atoms with van der Waals surface area (Å²) in [5.74, 6) is 0.0690. The van der Waals surface area contributed by atoms with Gasteiger partial charge in [0.05, 0.1) is 6.61 Å². The van der Waals surface area contributed by atoms with Crippen LogP contribution in [0.1, 0.15) is 19.8 Å². The standard InChI is InChI=1S/C9H17NO2/c1-5-6-7-12-8(2)9(11)10(3)4/h2,5-7H2,1,3-4H3. The Bertz CT molecular complexity index is 164. The molecule has 0 aromatic rings. The predicted molar refractivity (Wildman–Crippen MR) is 48.7 cm³/mol. The third-order valence-corrected chi connectivity index (χ3v) is 1.42. The molecule has 0 aliphatic heterocycles. The van der Waals surface area contributed by atoms with E-state index in [4.69, 9.17) is 4.74 Å². The first-order chi connectivity index (χ1) is 5.59. The van der Waals surface area contributed by atoms with E-state index in [0.29, 0.717) is 6.61 Å². The van der Waals surface area contributed by atoms with E-state index in [1.165, 1.54) is 4.90 Å². The number of hydrogen-bond acceptors (Lipinski definition) is 2. The lowest BCUT2D eigenvalue weighted by Gasteiger charge is -2.12. The monoisotopic (exact) mass is 171 g/mol. The van der Waals surface area contributed by atoms with Gasteiger partial charge in [-0.1, -0.05) is 19.9 Å². The molecule has 3 heteroatoms. The number of unbranched alkanes of at least 4 members (excludes halogenated alkanes) is 1. The minimum absolute atomic E-state index is 0.161. The van der Waals surface area contributed by atoms with E-state index in [2.05, 4.69) is 13.5 Å². The summed E-state index contributed by atoms with van der Waals surface area (Å²) in [6, 6.07) is 0. The van der Waals surface area contributed by atoms with Crippen LogP contribution in [-0.4, -0.2) is 31.5 Å². The number of rotatable bonds is 5. The molecule has 70 valence electrons. The summed E-state index contributed by atoms with van der Waals surface area (Å²) in [5.41, 5.74) is 0. The van der Waals surface area contributed by atoms with Crippen LogP contribution in [0.25, 0.3) is 0 Å². The van der Waals surface area contributed by atoms with Crippen molar-refractivity contribution in [2.45, 2.75) is 19.8 Å². The van der Waals surface area contributed by atoms with Crippen molar-refractivity contribution in [3.05, 3.63) is 12.3 Å². The maximum absolute atomic E-state index is 11.1. The van der Waals surface area contributed by atoms with E-state index >= 15 is 0 Å². The number of carbonyl (C=O) groups is 1. The molecular formula is C9H17NO2. The third kappa shape index (κ3) is 4.01. The summed E-state index contributed by atoms with van der Waals surface area (Å²) < 4.78 is 5.12. The molecule has 0 aliphatic rings. The van der Waals surface area contributed by atoms with Crippen molar-refractivity contribution in [2.75, 3.05) is 20.7 Å². The van der Waals surface area contributed by atoms with Crippen LogP contribution >= 0.6 is 0 Å². The molecule has 0 saturated heterocycles. The first kappa shape index (κ1) is 11.0. The summed E-state index contributed by atoms with van der Waals surface area (Å²) in [6.07, 6.45) is 2.02. The maximum Gasteiger partial charge on any atom is 0.287 e. The molecule has 12 heavy (non-hydrogen) atoms. The molecule has 0 aliphatic carbocycles. The van der Waals surface area contributed by atoms with Gasteiger partial charge in [0.2, 0.25) is 0 Å². The first-order valence-corrected chi connectivity index (χ1v) is 4.13. The zero-order chi connectivity index (χ0) is 9.56. The van der Waals surface area contributed by atoms with E-state index in [9.17, 15) is 4.79 Å². The second-order valence-electron chi connectivity index (χ2n) is 2.82. The molecule has 0 N–H and O–H groups in total. The average Bonchev–Trinajstić information content (AvgIpc) is 2.03. The van der Waals surface area contributed by atoms with Gasteiger partial charge in [-0.3, -0.25) is 4.79 Å². The lowest BCUT2D eigenvalue weighted by atomic mass is 10.3. The van der Waals surface area contributed by atoms with Crippen molar-refractivity contribution in [3.63, 3.8) is 0 Å². The highest BCUT2D eigenvalue weighted by Crippen LogP contribution is 1.99. The Balaban J connectivity index is 3.65. The quantitative estimate of drug-likeness (QED) is 0.355. The molecule has 0 bridgehead atoms. The number of amides is 1. The number of ether oxygens (including phenoxy) is 1. The van der Waals surface area contributed by atoms with Gasteiger partial charge in [0.25, 0.3) is 5.91 Å². The van der Waals surface area contributed by atoms with E-state index in [1.807, 2.05) is 0 Å². The highest BCUT2D eigenvalue weighted by molar-refractivity contribution is 5.90. The first-order valence-electron chi connectivity index (χ1n) is 4.13. The fourth-order valence-corrected chi connectivity index (χ4v) is 0.651. The molecular weight excluding hydrogens is 154 g/mol. The molecule has 0 aromatic carbocycles. The Morgan fingerprint density at radius 1 is 1.50 bits per heavy atom. The highest BCUT2D eigenvalue weighted by Gasteiger charge is 2.09. The number of likely N-dealkylation sites (N-methyl/N-ethyl adjacent to an activating group) is 1. The van der Waals surface area contributed by atoms with Crippen LogP contribution in [0.3, 0.4) is 0 Å². The zero-order valence-electron chi connectivity index (χ0n) is 8.09. The van der Waals surface area contributed by atoms with E-state index < -0.39 is 0 Å². The second kappa shape index (κ2) is 5.63. The van der Waals surface area contributed by atoms with Crippen LogP contribution in [0.5, 0.6) is 0 Å². The van der Waals surface area contributed by atoms with Crippen molar-refractivity contribution in [3.8, 4) is 0 Å². The molecule has 0 unspecified atom stereocenters. The molecule has 0 saturated carbocycles. The lowest BCUT2D eigenvalue weighted by molar-refractivity contribution is -0.128. The van der Waals surface area contributed by atoms with Gasteiger partial charge < -0.3 is 9.64 Å². The van der Waals surface area contributed by atoms with E-state index in [1.54, 1.807) is 14.1 Å². The van der Waals surface area contributed by atoms with Crippen molar-refractivity contribution in [1.82, 2.24) is 4.90 Å². The van der Waals surface area contributed by atoms with Gasteiger partial charge in [-0.15, -0.1) is 0 Å². The van der Waals surface area contributed by atoms with Gasteiger partial charge in [-0.2, -0.15) is 0 Å². The summed E-state index contributed by atoms with van der Waals surface area (Å²) in [6.45, 7) is 6.18. The highest BCUT2D eigenvalue weighted by atomic mass is 16.5. The van der Waals surface area contributed by atoms with Gasteiger partial charge in [0, 0.05) is 14.1 Å².